The zero-order chi connectivity index (χ0) is 36.0. The van der Waals surface area contributed by atoms with Crippen LogP contribution >= 0.6 is 0 Å². The second kappa shape index (κ2) is 13.8. The molecule has 6 rings (SSSR count). The number of methoxy groups -OCH3 is 1. The summed E-state index contributed by atoms with van der Waals surface area (Å²) in [5, 5.41) is 20.3. The number of ether oxygens (including phenoxy) is 1. The van der Waals surface area contributed by atoms with E-state index in [0.717, 1.165) is 5.57 Å². The maximum Gasteiger partial charge on any atom is 0.455 e. The maximum absolute atomic E-state index is 14.0. The molecule has 0 radical (unpaired) electrons. The van der Waals surface area contributed by atoms with Crippen LogP contribution in [0, 0.1) is 17.8 Å². The number of alkyl halides is 6. The molecule has 264 valence electrons. The van der Waals surface area contributed by atoms with Gasteiger partial charge in [0.1, 0.15) is 18.1 Å². The lowest BCUT2D eigenvalue weighted by atomic mass is 9.58. The molecule has 0 bridgehead atoms. The van der Waals surface area contributed by atoms with Gasteiger partial charge in [-0.3, -0.25) is 14.6 Å². The minimum atomic E-state index is -5.19. The standard InChI is InChI=1S/C34H31BF6N2O7/c1-48-17-19-11-25-30(32(46)43(31(25)45)22-13-20(33(36,37)38)12-21(14-22)34(39,40)41)26-15-35(47)50-28(29(19)26)8-5-18(27-4-2-3-9-42-27)10-23-6-7-24(16-44)49-23/h2-4,6-7,9-10,12-14,25-26,28,30,44,47H,5,8,11,15-17H2,1H3/b18-10-/t25-,26+,28-,30-/m1/s1. The van der Waals surface area contributed by atoms with Crippen molar-refractivity contribution in [1.82, 2.24) is 4.98 Å². The summed E-state index contributed by atoms with van der Waals surface area (Å²) in [6.45, 7) is -0.288. The fraction of sp³-hybridized carbons (Fsp3) is 0.382. The number of amides is 2. The Bertz CT molecular complexity index is 1790. The van der Waals surface area contributed by atoms with Gasteiger partial charge < -0.3 is 23.9 Å². The number of aliphatic hydroxyl groups is 1. The second-order valence-electron chi connectivity index (χ2n) is 12.4. The number of carbonyl (C=O) groups is 2. The molecule has 4 atom stereocenters. The largest absolute Gasteiger partial charge is 0.459 e. The molecule has 2 saturated heterocycles. The number of rotatable bonds is 9. The number of anilines is 1. The van der Waals surface area contributed by atoms with Crippen LogP contribution in [0.5, 0.6) is 0 Å². The lowest BCUT2D eigenvalue weighted by Gasteiger charge is -2.43. The quantitative estimate of drug-likeness (QED) is 0.117. The highest BCUT2D eigenvalue weighted by Crippen LogP contribution is 2.52. The van der Waals surface area contributed by atoms with Crippen LogP contribution in [0.1, 0.15) is 47.6 Å². The van der Waals surface area contributed by atoms with Gasteiger partial charge in [-0.25, -0.2) is 4.90 Å². The molecule has 3 aliphatic rings. The molecule has 2 N–H and O–H groups in total. The number of imide groups is 1. The highest BCUT2D eigenvalue weighted by molar-refractivity contribution is 6.43. The van der Waals surface area contributed by atoms with Gasteiger partial charge in [0.05, 0.1) is 47.1 Å². The minimum Gasteiger partial charge on any atom is -0.459 e. The van der Waals surface area contributed by atoms with Gasteiger partial charge in [0.15, 0.2) is 0 Å². The Morgan fingerprint density at radius 1 is 1.04 bits per heavy atom. The number of hydrogen-bond acceptors (Lipinski definition) is 8. The van der Waals surface area contributed by atoms with Crippen molar-refractivity contribution in [2.24, 2.45) is 17.8 Å². The fourth-order valence-electron chi connectivity index (χ4n) is 7.24. The Balaban J connectivity index is 1.35. The van der Waals surface area contributed by atoms with Crippen molar-refractivity contribution in [3.8, 4) is 0 Å². The maximum atomic E-state index is 14.0. The Hall–Kier alpha value is -4.25. The monoisotopic (exact) mass is 704 g/mol. The zero-order valence-electron chi connectivity index (χ0n) is 26.5. The highest BCUT2D eigenvalue weighted by atomic mass is 19.4. The fourth-order valence-corrected chi connectivity index (χ4v) is 7.24. The first kappa shape index (κ1) is 35.6. The Labute approximate surface area is 282 Å². The summed E-state index contributed by atoms with van der Waals surface area (Å²) < 4.78 is 99.2. The van der Waals surface area contributed by atoms with E-state index < -0.39 is 72.0 Å². The van der Waals surface area contributed by atoms with E-state index in [4.69, 9.17) is 13.8 Å². The summed E-state index contributed by atoms with van der Waals surface area (Å²) in [5.41, 5.74) is -1.61. The number of furan rings is 1. The van der Waals surface area contributed by atoms with E-state index in [-0.39, 0.29) is 38.4 Å². The van der Waals surface area contributed by atoms with Crippen LogP contribution in [0.4, 0.5) is 32.0 Å². The van der Waals surface area contributed by atoms with Gasteiger partial charge in [-0.2, -0.15) is 26.3 Å². The smallest absolute Gasteiger partial charge is 0.455 e. The zero-order valence-corrected chi connectivity index (χ0v) is 26.5. The van der Waals surface area contributed by atoms with E-state index in [0.29, 0.717) is 51.8 Å². The Morgan fingerprint density at radius 3 is 2.36 bits per heavy atom. The molecular formula is C34H31BF6N2O7. The van der Waals surface area contributed by atoms with E-state index in [1.807, 2.05) is 0 Å². The average molecular weight is 704 g/mol. The lowest BCUT2D eigenvalue weighted by Crippen LogP contribution is -2.46. The number of fused-ring (bicyclic) bond motifs is 3. The topological polar surface area (TPSA) is 122 Å². The van der Waals surface area contributed by atoms with Crippen molar-refractivity contribution in [2.75, 3.05) is 18.6 Å². The number of carbonyl (C=O) groups excluding carboxylic acids is 2. The normalized spacial score (nSPS) is 23.1. The van der Waals surface area contributed by atoms with Gasteiger partial charge in [0.25, 0.3) is 0 Å². The molecule has 2 fully saturated rings. The molecule has 1 aromatic carbocycles. The molecule has 16 heteroatoms. The lowest BCUT2D eigenvalue weighted by molar-refractivity contribution is -0.143. The van der Waals surface area contributed by atoms with Gasteiger partial charge in [0, 0.05) is 13.3 Å². The third kappa shape index (κ3) is 7.02. The first-order valence-electron chi connectivity index (χ1n) is 15.7. The number of aliphatic hydroxyl groups excluding tert-OH is 1. The molecular weight excluding hydrogens is 673 g/mol. The number of hydrogen-bond donors (Lipinski definition) is 2. The third-order valence-corrected chi connectivity index (χ3v) is 9.28. The number of benzene rings is 1. The first-order valence-corrected chi connectivity index (χ1v) is 15.7. The van der Waals surface area contributed by atoms with Crippen molar-refractivity contribution in [3.05, 3.63) is 94.2 Å². The van der Waals surface area contributed by atoms with Crippen LogP contribution < -0.4 is 4.90 Å². The predicted octanol–water partition coefficient (Wildman–Crippen LogP) is 6.17. The van der Waals surface area contributed by atoms with E-state index >= 15 is 0 Å². The highest BCUT2D eigenvalue weighted by Gasteiger charge is 2.58. The molecule has 1 aliphatic carbocycles. The van der Waals surface area contributed by atoms with E-state index in [2.05, 4.69) is 4.98 Å². The van der Waals surface area contributed by atoms with Gasteiger partial charge in [-0.1, -0.05) is 6.07 Å². The summed E-state index contributed by atoms with van der Waals surface area (Å²) in [4.78, 5) is 32.6. The van der Waals surface area contributed by atoms with Crippen LogP contribution in [-0.2, 0) is 37.9 Å². The van der Waals surface area contributed by atoms with E-state index in [1.54, 1.807) is 42.6 Å². The number of allylic oxidation sites excluding steroid dienone is 1. The van der Waals surface area contributed by atoms with Crippen molar-refractivity contribution >= 4 is 36.3 Å². The number of nitrogens with zero attached hydrogens (tertiary/aromatic N) is 2. The van der Waals surface area contributed by atoms with Crippen LogP contribution in [-0.4, -0.2) is 53.9 Å². The van der Waals surface area contributed by atoms with Crippen molar-refractivity contribution in [3.63, 3.8) is 0 Å². The van der Waals surface area contributed by atoms with Crippen LogP contribution in [0.3, 0.4) is 0 Å². The third-order valence-electron chi connectivity index (χ3n) is 9.28. The summed E-state index contributed by atoms with van der Waals surface area (Å²) in [6.07, 6.45) is -7.43. The van der Waals surface area contributed by atoms with Crippen molar-refractivity contribution in [1.29, 1.82) is 0 Å². The Morgan fingerprint density at radius 2 is 1.76 bits per heavy atom. The average Bonchev–Trinajstić information content (AvgIpc) is 3.63. The molecule has 4 heterocycles. The molecule has 2 aliphatic heterocycles. The molecule has 0 saturated carbocycles. The van der Waals surface area contributed by atoms with Crippen molar-refractivity contribution < 1.29 is 59.9 Å². The van der Waals surface area contributed by atoms with Crippen molar-refractivity contribution in [2.45, 2.75) is 50.6 Å². The van der Waals surface area contributed by atoms with Gasteiger partial charge in [0.2, 0.25) is 11.8 Å². The second-order valence-corrected chi connectivity index (χ2v) is 12.4. The molecule has 2 amide bonds. The number of pyridine rings is 1. The van der Waals surface area contributed by atoms with Crippen LogP contribution in [0.15, 0.2) is 70.3 Å². The molecule has 9 nitrogen and oxygen atoms in total. The predicted molar refractivity (Wildman–Crippen MR) is 167 cm³/mol. The molecule has 50 heavy (non-hydrogen) atoms. The summed E-state index contributed by atoms with van der Waals surface area (Å²) in [7, 11) is 0.0293. The molecule has 2 aromatic heterocycles. The number of aromatic nitrogens is 1. The SMILES string of the molecule is COCC1=C2[C@@H](CC/C(=C/c3ccc(CO)o3)c3ccccn3)OB(O)C[C@@H]2[C@@H]2C(=O)N(c3cc(C(F)(F)F)cc(C(F)(F)F)c3)C(=O)[C@@H]2C1. The van der Waals surface area contributed by atoms with E-state index in [9.17, 15) is 46.1 Å². The van der Waals surface area contributed by atoms with Gasteiger partial charge in [-0.05, 0) is 96.8 Å². The summed E-state index contributed by atoms with van der Waals surface area (Å²) >= 11 is 0. The molecule has 0 unspecified atom stereocenters. The summed E-state index contributed by atoms with van der Waals surface area (Å²) in [5.74, 6) is -4.18. The summed E-state index contributed by atoms with van der Waals surface area (Å²) in [6, 6.07) is 9.30. The van der Waals surface area contributed by atoms with Crippen LogP contribution in [0.25, 0.3) is 11.6 Å². The molecule has 0 spiro atoms. The Kier molecular flexibility index (Phi) is 9.83. The number of halogens is 6. The molecule has 3 aromatic rings. The first-order chi connectivity index (χ1) is 23.7. The van der Waals surface area contributed by atoms with E-state index in [1.165, 1.54) is 7.11 Å². The van der Waals surface area contributed by atoms with Gasteiger partial charge in [-0.15, -0.1) is 0 Å². The minimum absolute atomic E-state index is 0.00747. The van der Waals surface area contributed by atoms with Crippen LogP contribution in [0.2, 0.25) is 6.32 Å². The van der Waals surface area contributed by atoms with Gasteiger partial charge >= 0.3 is 19.5 Å².